The second kappa shape index (κ2) is 3.09. The summed E-state index contributed by atoms with van der Waals surface area (Å²) >= 11 is 0. The molecular weight excluding hydrogens is 144 g/mol. The molecule has 2 rings (SSSR count). The van der Waals surface area contributed by atoms with Crippen molar-refractivity contribution in [2.24, 2.45) is 5.92 Å². The molecule has 0 aromatic carbocycles. The third kappa shape index (κ3) is 1.55. The number of aliphatic hydroxyl groups excluding tert-OH is 1. The van der Waals surface area contributed by atoms with E-state index in [4.69, 9.17) is 9.99 Å². The van der Waals surface area contributed by atoms with Crippen LogP contribution in [0.25, 0.3) is 0 Å². The Bertz CT molecular complexity index is 131. The minimum atomic E-state index is -0.680. The Morgan fingerprint density at radius 1 is 1.09 bits per heavy atom. The highest BCUT2D eigenvalue weighted by atomic mass is 17.2. The fourth-order valence-corrected chi connectivity index (χ4v) is 2.01. The third-order valence-electron chi connectivity index (χ3n) is 2.65. The molecule has 0 aromatic rings. The zero-order valence-corrected chi connectivity index (χ0v) is 6.53. The lowest BCUT2D eigenvalue weighted by Gasteiger charge is -2.13. The molecule has 3 heteroatoms. The first kappa shape index (κ1) is 7.53. The van der Waals surface area contributed by atoms with E-state index in [1.807, 2.05) is 0 Å². The molecule has 2 atom stereocenters. The van der Waals surface area contributed by atoms with Gasteiger partial charge >= 0.3 is 0 Å². The fourth-order valence-electron chi connectivity index (χ4n) is 2.01. The number of hydrogen-bond donors (Lipinski definition) is 1. The SMILES string of the molecule is OC1CC(C2CCCC2)OO1. The van der Waals surface area contributed by atoms with Crippen LogP contribution in [0.5, 0.6) is 0 Å². The van der Waals surface area contributed by atoms with Gasteiger partial charge in [0.05, 0.1) is 0 Å². The van der Waals surface area contributed by atoms with Crippen molar-refractivity contribution in [1.82, 2.24) is 0 Å². The van der Waals surface area contributed by atoms with Gasteiger partial charge in [-0.3, -0.25) is 0 Å². The lowest BCUT2D eigenvalue weighted by molar-refractivity contribution is -0.337. The summed E-state index contributed by atoms with van der Waals surface area (Å²) in [5.74, 6) is 0.632. The molecule has 64 valence electrons. The van der Waals surface area contributed by atoms with Crippen molar-refractivity contribution < 1.29 is 14.9 Å². The Kier molecular flexibility index (Phi) is 2.11. The first-order valence-electron chi connectivity index (χ1n) is 4.36. The molecule has 1 heterocycles. The average molecular weight is 158 g/mol. The zero-order valence-electron chi connectivity index (χ0n) is 6.53. The summed E-state index contributed by atoms with van der Waals surface area (Å²) < 4.78 is 0. The monoisotopic (exact) mass is 158 g/mol. The van der Waals surface area contributed by atoms with Gasteiger partial charge in [0, 0.05) is 6.42 Å². The van der Waals surface area contributed by atoms with Gasteiger partial charge in [-0.05, 0) is 18.8 Å². The van der Waals surface area contributed by atoms with E-state index >= 15 is 0 Å². The standard InChI is InChI=1S/C8H14O3/c9-8-5-7(10-11-8)6-3-1-2-4-6/h6-9H,1-5H2. The Hall–Kier alpha value is -0.120. The van der Waals surface area contributed by atoms with E-state index < -0.39 is 6.29 Å². The van der Waals surface area contributed by atoms with Crippen LogP contribution in [0.15, 0.2) is 0 Å². The van der Waals surface area contributed by atoms with Crippen LogP contribution >= 0.6 is 0 Å². The summed E-state index contributed by atoms with van der Waals surface area (Å²) in [6.07, 6.45) is 5.22. The molecule has 1 aliphatic carbocycles. The largest absolute Gasteiger partial charge is 0.366 e. The van der Waals surface area contributed by atoms with Gasteiger partial charge < -0.3 is 5.11 Å². The molecule has 1 saturated heterocycles. The van der Waals surface area contributed by atoms with Gasteiger partial charge in [0.15, 0.2) is 6.29 Å². The smallest absolute Gasteiger partial charge is 0.191 e. The second-order valence-corrected chi connectivity index (χ2v) is 3.47. The van der Waals surface area contributed by atoms with E-state index in [2.05, 4.69) is 4.89 Å². The van der Waals surface area contributed by atoms with Gasteiger partial charge in [0.25, 0.3) is 0 Å². The highest BCUT2D eigenvalue weighted by Gasteiger charge is 2.33. The van der Waals surface area contributed by atoms with Crippen molar-refractivity contribution in [3.8, 4) is 0 Å². The van der Waals surface area contributed by atoms with E-state index in [0.717, 1.165) is 0 Å². The van der Waals surface area contributed by atoms with Crippen LogP contribution < -0.4 is 0 Å². The summed E-state index contributed by atoms with van der Waals surface area (Å²) in [4.78, 5) is 9.63. The lowest BCUT2D eigenvalue weighted by Crippen LogP contribution is -2.16. The maximum Gasteiger partial charge on any atom is 0.191 e. The third-order valence-corrected chi connectivity index (χ3v) is 2.65. The Balaban J connectivity index is 1.85. The van der Waals surface area contributed by atoms with Crippen LogP contribution in [0.4, 0.5) is 0 Å². The van der Waals surface area contributed by atoms with E-state index in [9.17, 15) is 0 Å². The van der Waals surface area contributed by atoms with Crippen molar-refractivity contribution in [1.29, 1.82) is 0 Å². The minimum Gasteiger partial charge on any atom is -0.366 e. The Morgan fingerprint density at radius 2 is 1.82 bits per heavy atom. The maximum absolute atomic E-state index is 9.01. The molecule has 1 aliphatic heterocycles. The first-order chi connectivity index (χ1) is 5.36. The van der Waals surface area contributed by atoms with Crippen molar-refractivity contribution in [3.05, 3.63) is 0 Å². The van der Waals surface area contributed by atoms with Crippen LogP contribution in [-0.4, -0.2) is 17.5 Å². The molecule has 0 aromatic heterocycles. The molecule has 0 radical (unpaired) electrons. The van der Waals surface area contributed by atoms with Crippen LogP contribution in [-0.2, 0) is 9.78 Å². The van der Waals surface area contributed by atoms with E-state index in [1.165, 1.54) is 25.7 Å². The Morgan fingerprint density at radius 3 is 2.36 bits per heavy atom. The molecular formula is C8H14O3. The number of rotatable bonds is 1. The number of hydrogen-bond acceptors (Lipinski definition) is 3. The van der Waals surface area contributed by atoms with E-state index in [1.54, 1.807) is 0 Å². The molecule has 2 unspecified atom stereocenters. The molecule has 0 bridgehead atoms. The molecule has 1 N–H and O–H groups in total. The molecule has 11 heavy (non-hydrogen) atoms. The van der Waals surface area contributed by atoms with Crippen LogP contribution in [0, 0.1) is 5.92 Å². The minimum absolute atomic E-state index is 0.160. The second-order valence-electron chi connectivity index (χ2n) is 3.47. The topological polar surface area (TPSA) is 38.7 Å². The quantitative estimate of drug-likeness (QED) is 0.583. The maximum atomic E-state index is 9.01. The average Bonchev–Trinajstić information content (AvgIpc) is 2.55. The van der Waals surface area contributed by atoms with Gasteiger partial charge in [-0.1, -0.05) is 12.8 Å². The summed E-state index contributed by atoms with van der Waals surface area (Å²) in [5, 5.41) is 9.01. The van der Waals surface area contributed by atoms with Gasteiger partial charge in [0.2, 0.25) is 0 Å². The number of aliphatic hydroxyl groups is 1. The highest BCUT2D eigenvalue weighted by molar-refractivity contribution is 4.77. The van der Waals surface area contributed by atoms with Crippen molar-refractivity contribution in [2.75, 3.05) is 0 Å². The lowest BCUT2D eigenvalue weighted by atomic mass is 9.99. The van der Waals surface area contributed by atoms with Gasteiger partial charge in [-0.2, -0.15) is 0 Å². The predicted molar refractivity (Wildman–Crippen MR) is 38.5 cm³/mol. The van der Waals surface area contributed by atoms with Gasteiger partial charge in [-0.25, -0.2) is 9.78 Å². The van der Waals surface area contributed by atoms with E-state index in [-0.39, 0.29) is 6.10 Å². The molecule has 0 spiro atoms. The van der Waals surface area contributed by atoms with Crippen LogP contribution in [0.2, 0.25) is 0 Å². The summed E-state index contributed by atoms with van der Waals surface area (Å²) in [6, 6.07) is 0. The normalized spacial score (nSPS) is 40.1. The molecule has 2 aliphatic rings. The summed E-state index contributed by atoms with van der Waals surface area (Å²) in [5.41, 5.74) is 0. The molecule has 3 nitrogen and oxygen atoms in total. The fraction of sp³-hybridized carbons (Fsp3) is 1.00. The van der Waals surface area contributed by atoms with Crippen LogP contribution in [0.3, 0.4) is 0 Å². The first-order valence-corrected chi connectivity index (χ1v) is 4.36. The molecule has 2 fully saturated rings. The van der Waals surface area contributed by atoms with Gasteiger partial charge in [0.1, 0.15) is 6.10 Å². The van der Waals surface area contributed by atoms with E-state index in [0.29, 0.717) is 12.3 Å². The highest BCUT2D eigenvalue weighted by Crippen LogP contribution is 2.34. The van der Waals surface area contributed by atoms with Crippen molar-refractivity contribution in [3.63, 3.8) is 0 Å². The predicted octanol–water partition coefficient (Wildman–Crippen LogP) is 1.22. The van der Waals surface area contributed by atoms with Crippen molar-refractivity contribution >= 4 is 0 Å². The van der Waals surface area contributed by atoms with Gasteiger partial charge in [-0.15, -0.1) is 0 Å². The molecule has 0 amide bonds. The van der Waals surface area contributed by atoms with Crippen LogP contribution in [0.1, 0.15) is 32.1 Å². The van der Waals surface area contributed by atoms with Crippen molar-refractivity contribution in [2.45, 2.75) is 44.5 Å². The summed E-state index contributed by atoms with van der Waals surface area (Å²) in [6.45, 7) is 0. The zero-order chi connectivity index (χ0) is 7.68. The summed E-state index contributed by atoms with van der Waals surface area (Å²) in [7, 11) is 0. The molecule has 1 saturated carbocycles. The Labute approximate surface area is 66.2 Å².